The van der Waals surface area contributed by atoms with Gasteiger partial charge in [-0.3, -0.25) is 4.79 Å². The summed E-state index contributed by atoms with van der Waals surface area (Å²) in [7, 11) is 0. The number of hydrogen-bond donors (Lipinski definition) is 3. The normalized spacial score (nSPS) is 13.9. The molecule has 4 heteroatoms. The minimum atomic E-state index is -0.872. The van der Waals surface area contributed by atoms with E-state index in [1.165, 1.54) is 109 Å². The van der Waals surface area contributed by atoms with Crippen molar-refractivity contribution in [2.24, 2.45) is 0 Å². The molecule has 1 amide bonds. The Balaban J connectivity index is 3.51. The van der Waals surface area contributed by atoms with Gasteiger partial charge in [0.15, 0.2) is 0 Å². The summed E-state index contributed by atoms with van der Waals surface area (Å²) in [5, 5.41) is 22.9. The predicted molar refractivity (Wildman–Crippen MR) is 248 cm³/mol. The topological polar surface area (TPSA) is 69.6 Å². The summed E-state index contributed by atoms with van der Waals surface area (Å²) in [6.07, 6.45) is 69.7. The van der Waals surface area contributed by atoms with Crippen molar-refractivity contribution in [3.63, 3.8) is 0 Å². The molecule has 0 aliphatic heterocycles. The van der Waals surface area contributed by atoms with E-state index in [1.54, 1.807) is 6.08 Å². The number of unbranched alkanes of at least 4 members (excludes halogenated alkanes) is 20. The molecule has 0 aliphatic rings. The van der Waals surface area contributed by atoms with Gasteiger partial charge in [0.1, 0.15) is 0 Å². The molecular formula is C52H89NO3. The Morgan fingerprint density at radius 1 is 0.446 bits per heavy atom. The van der Waals surface area contributed by atoms with Crippen molar-refractivity contribution < 1.29 is 15.0 Å². The lowest BCUT2D eigenvalue weighted by atomic mass is 10.0. The Morgan fingerprint density at radius 2 is 0.804 bits per heavy atom. The van der Waals surface area contributed by atoms with E-state index in [0.717, 1.165) is 77.0 Å². The van der Waals surface area contributed by atoms with Gasteiger partial charge >= 0.3 is 0 Å². The largest absolute Gasteiger partial charge is 0.394 e. The smallest absolute Gasteiger partial charge is 0.220 e. The first-order chi connectivity index (χ1) is 27.7. The minimum Gasteiger partial charge on any atom is -0.394 e. The molecule has 2 atom stereocenters. The Hall–Kier alpha value is -2.69. The fourth-order valence-electron chi connectivity index (χ4n) is 6.48. The first-order valence-electron chi connectivity index (χ1n) is 23.5. The quantitative estimate of drug-likeness (QED) is 0.0428. The van der Waals surface area contributed by atoms with E-state index in [0.29, 0.717) is 6.42 Å². The fourth-order valence-corrected chi connectivity index (χ4v) is 6.48. The van der Waals surface area contributed by atoms with Crippen molar-refractivity contribution in [3.8, 4) is 0 Å². The molecule has 0 aliphatic carbocycles. The predicted octanol–water partition coefficient (Wildman–Crippen LogP) is 15.0. The van der Waals surface area contributed by atoms with Crippen molar-refractivity contribution in [1.29, 1.82) is 0 Å². The van der Waals surface area contributed by atoms with Gasteiger partial charge in [-0.25, -0.2) is 0 Å². The SMILES string of the molecule is CC/C=C\C/C=C\C/C=C\C/C=C\C/C=C\CCCCCCCCCCCCCCCCCCCC(=O)NC(CO)C(O)/C=C/CC/C=C/CC/C=C/CCC. The van der Waals surface area contributed by atoms with Gasteiger partial charge in [0.25, 0.3) is 0 Å². The molecule has 0 fully saturated rings. The van der Waals surface area contributed by atoms with Crippen molar-refractivity contribution >= 4 is 5.91 Å². The number of allylic oxidation sites excluding steroid dienone is 15. The van der Waals surface area contributed by atoms with Gasteiger partial charge < -0.3 is 15.5 Å². The number of aliphatic hydroxyl groups excluding tert-OH is 2. The van der Waals surface area contributed by atoms with Crippen LogP contribution in [0.1, 0.15) is 206 Å². The van der Waals surface area contributed by atoms with Crippen LogP contribution in [-0.4, -0.2) is 34.9 Å². The zero-order chi connectivity index (χ0) is 40.7. The minimum absolute atomic E-state index is 0.0829. The van der Waals surface area contributed by atoms with E-state index in [-0.39, 0.29) is 12.5 Å². The highest BCUT2D eigenvalue weighted by atomic mass is 16.3. The number of carbonyl (C=O) groups excluding carboxylic acids is 1. The van der Waals surface area contributed by atoms with Crippen LogP contribution in [0.4, 0.5) is 0 Å². The summed E-state index contributed by atoms with van der Waals surface area (Å²) in [6.45, 7) is 4.09. The molecule has 0 heterocycles. The summed E-state index contributed by atoms with van der Waals surface area (Å²) in [5.41, 5.74) is 0. The van der Waals surface area contributed by atoms with Crippen LogP contribution in [-0.2, 0) is 4.79 Å². The van der Waals surface area contributed by atoms with Gasteiger partial charge in [0.05, 0.1) is 18.8 Å². The number of carbonyl (C=O) groups is 1. The third kappa shape index (κ3) is 42.5. The molecule has 2 unspecified atom stereocenters. The van der Waals surface area contributed by atoms with Gasteiger partial charge in [0, 0.05) is 6.42 Å². The molecule has 0 spiro atoms. The lowest BCUT2D eigenvalue weighted by Crippen LogP contribution is -2.45. The summed E-state index contributed by atoms with van der Waals surface area (Å²) in [5.74, 6) is -0.0829. The van der Waals surface area contributed by atoms with Crippen molar-refractivity contribution in [2.75, 3.05) is 6.61 Å². The third-order valence-corrected chi connectivity index (χ3v) is 10.0. The maximum Gasteiger partial charge on any atom is 0.220 e. The molecule has 0 aromatic rings. The average molecular weight is 776 g/mol. The van der Waals surface area contributed by atoms with E-state index < -0.39 is 12.1 Å². The molecule has 0 saturated heterocycles. The highest BCUT2D eigenvalue weighted by Gasteiger charge is 2.17. The molecule has 3 N–H and O–H groups in total. The van der Waals surface area contributed by atoms with Gasteiger partial charge in [0.2, 0.25) is 5.91 Å². The second-order valence-electron chi connectivity index (χ2n) is 15.4. The molecule has 0 bridgehead atoms. The molecule has 320 valence electrons. The molecular weight excluding hydrogens is 687 g/mol. The maximum atomic E-state index is 12.4. The Labute approximate surface area is 347 Å². The van der Waals surface area contributed by atoms with Crippen molar-refractivity contribution in [2.45, 2.75) is 219 Å². The molecule has 0 aromatic heterocycles. The van der Waals surface area contributed by atoms with E-state index >= 15 is 0 Å². The number of nitrogens with one attached hydrogen (secondary N) is 1. The average Bonchev–Trinajstić information content (AvgIpc) is 3.20. The van der Waals surface area contributed by atoms with Crippen LogP contribution in [0.25, 0.3) is 0 Å². The zero-order valence-corrected chi connectivity index (χ0v) is 36.6. The lowest BCUT2D eigenvalue weighted by Gasteiger charge is -2.19. The highest BCUT2D eigenvalue weighted by Crippen LogP contribution is 2.15. The first kappa shape index (κ1) is 53.3. The van der Waals surface area contributed by atoms with Crippen LogP contribution in [0, 0.1) is 0 Å². The van der Waals surface area contributed by atoms with Crippen LogP contribution in [0.15, 0.2) is 97.2 Å². The Bertz CT molecular complexity index is 1060. The summed E-state index contributed by atoms with van der Waals surface area (Å²) in [6, 6.07) is -0.647. The van der Waals surface area contributed by atoms with E-state index in [9.17, 15) is 15.0 Å². The zero-order valence-electron chi connectivity index (χ0n) is 36.6. The molecule has 0 radical (unpaired) electrons. The molecule has 0 aromatic carbocycles. The summed E-state index contributed by atoms with van der Waals surface area (Å²) < 4.78 is 0. The number of amides is 1. The number of hydrogen-bond acceptors (Lipinski definition) is 3. The molecule has 0 saturated carbocycles. The van der Waals surface area contributed by atoms with Gasteiger partial charge in [-0.1, -0.05) is 214 Å². The third-order valence-electron chi connectivity index (χ3n) is 10.0. The lowest BCUT2D eigenvalue weighted by molar-refractivity contribution is -0.123. The maximum absolute atomic E-state index is 12.4. The highest BCUT2D eigenvalue weighted by molar-refractivity contribution is 5.76. The second kappa shape index (κ2) is 46.7. The molecule has 56 heavy (non-hydrogen) atoms. The summed E-state index contributed by atoms with van der Waals surface area (Å²) in [4.78, 5) is 12.4. The Kier molecular flexibility index (Phi) is 44.4. The van der Waals surface area contributed by atoms with E-state index in [4.69, 9.17) is 0 Å². The van der Waals surface area contributed by atoms with Gasteiger partial charge in [-0.2, -0.15) is 0 Å². The first-order valence-corrected chi connectivity index (χ1v) is 23.5. The molecule has 0 rings (SSSR count). The van der Waals surface area contributed by atoms with Crippen molar-refractivity contribution in [3.05, 3.63) is 97.2 Å². The van der Waals surface area contributed by atoms with Crippen LogP contribution in [0.5, 0.6) is 0 Å². The summed E-state index contributed by atoms with van der Waals surface area (Å²) >= 11 is 0. The standard InChI is InChI=1S/C52H89NO3/c1-3-5-7-9-11-13-15-16-17-18-19-20-21-22-23-24-25-26-27-28-29-30-31-32-33-34-35-36-38-40-42-44-46-48-52(56)53-50(49-54)51(55)47-45-43-41-39-37-14-12-10-8-6-4-2/h5,7-8,10-11,13,16-17,19-20,22-23,37,39,45,47,50-51,54-55H,3-4,6,9,12,14-15,18,21,24-36,38,40-44,46,48-49H2,1-2H3,(H,53,56)/b7-5-,10-8+,13-11-,17-16-,20-19-,23-22-,39-37+,47-45+. The van der Waals surface area contributed by atoms with Gasteiger partial charge in [-0.15, -0.1) is 0 Å². The number of aliphatic hydroxyl groups is 2. The van der Waals surface area contributed by atoms with Gasteiger partial charge in [-0.05, 0) is 83.5 Å². The van der Waals surface area contributed by atoms with Crippen LogP contribution < -0.4 is 5.32 Å². The van der Waals surface area contributed by atoms with Crippen LogP contribution in [0.2, 0.25) is 0 Å². The number of rotatable bonds is 41. The monoisotopic (exact) mass is 776 g/mol. The van der Waals surface area contributed by atoms with Crippen LogP contribution >= 0.6 is 0 Å². The Morgan fingerprint density at radius 3 is 1.23 bits per heavy atom. The van der Waals surface area contributed by atoms with Crippen LogP contribution in [0.3, 0.4) is 0 Å². The van der Waals surface area contributed by atoms with Crippen molar-refractivity contribution in [1.82, 2.24) is 5.32 Å². The van der Waals surface area contributed by atoms with E-state index in [1.807, 2.05) is 6.08 Å². The van der Waals surface area contributed by atoms with E-state index in [2.05, 4.69) is 104 Å². The fraction of sp³-hybridized carbons (Fsp3) is 0.673. The molecule has 4 nitrogen and oxygen atoms in total. The second-order valence-corrected chi connectivity index (χ2v) is 15.4.